The van der Waals surface area contributed by atoms with Crippen LogP contribution >= 0.6 is 0 Å². The molecule has 1 N–H and O–H groups in total. The van der Waals surface area contributed by atoms with E-state index in [-0.39, 0.29) is 13.2 Å². The Bertz CT molecular complexity index is 405. The van der Waals surface area contributed by atoms with E-state index in [2.05, 4.69) is 8.37 Å². The zero-order chi connectivity index (χ0) is 13.1. The maximum atomic E-state index is 10.6. The Labute approximate surface area is 99.7 Å². The molecule has 102 valence electrons. The molecule has 0 aliphatic carbocycles. The van der Waals surface area contributed by atoms with Crippen LogP contribution in [0.2, 0.25) is 0 Å². The van der Waals surface area contributed by atoms with E-state index < -0.39 is 39.7 Å². The number of hydrogen-bond donors (Lipinski definition) is 2. The molecule has 1 fully saturated rings. The Hall–Kier alpha value is -0.300. The number of methoxy groups -OCH3 is 1. The van der Waals surface area contributed by atoms with Crippen LogP contribution in [0.25, 0.3) is 0 Å². The molecule has 11 heteroatoms. The van der Waals surface area contributed by atoms with Crippen molar-refractivity contribution < 1.29 is 39.2 Å². The smallest absolute Gasteiger partial charge is 0.376 e. The number of ether oxygens (including phenoxy) is 2. The average molecular weight is 292 g/mol. The van der Waals surface area contributed by atoms with Crippen molar-refractivity contribution in [3.8, 4) is 0 Å². The van der Waals surface area contributed by atoms with Crippen LogP contribution in [0.3, 0.4) is 0 Å². The van der Waals surface area contributed by atoms with Gasteiger partial charge in [-0.05, 0) is 0 Å². The summed E-state index contributed by atoms with van der Waals surface area (Å²) < 4.78 is 69.2. The summed E-state index contributed by atoms with van der Waals surface area (Å²) in [5, 5.41) is 0. The summed E-state index contributed by atoms with van der Waals surface area (Å²) in [6.45, 7) is -0.219. The molecule has 3 unspecified atom stereocenters. The minimum Gasteiger partial charge on any atom is -0.376 e. The molecule has 0 aromatic heterocycles. The Morgan fingerprint density at radius 3 is 2.35 bits per heavy atom. The molecule has 0 aromatic carbocycles. The van der Waals surface area contributed by atoms with E-state index in [1.54, 1.807) is 0 Å². The highest BCUT2D eigenvalue weighted by Gasteiger charge is 2.39. The van der Waals surface area contributed by atoms with Crippen molar-refractivity contribution in [2.45, 2.75) is 18.3 Å². The molecule has 1 saturated heterocycles. The van der Waals surface area contributed by atoms with E-state index in [9.17, 15) is 16.8 Å². The monoisotopic (exact) mass is 292 g/mol. The lowest BCUT2D eigenvalue weighted by molar-refractivity contribution is -0.141. The van der Waals surface area contributed by atoms with Gasteiger partial charge in [0, 0.05) is 7.11 Å². The van der Waals surface area contributed by atoms with Crippen LogP contribution in [0.5, 0.6) is 0 Å². The number of thiol groups is 1. The first-order chi connectivity index (χ1) is 7.83. The fourth-order valence-electron chi connectivity index (χ4n) is 1.41. The highest BCUT2D eigenvalue weighted by molar-refractivity contribution is 7.80. The fraction of sp³-hybridized carbons (Fsp3) is 1.00. The van der Waals surface area contributed by atoms with Gasteiger partial charge in [0.25, 0.3) is 11.0 Å². The molecule has 1 heterocycles. The first-order valence-corrected chi connectivity index (χ1v) is 6.87. The van der Waals surface area contributed by atoms with Gasteiger partial charge in [-0.15, -0.1) is 0 Å². The van der Waals surface area contributed by atoms with Crippen molar-refractivity contribution in [1.82, 2.24) is 0 Å². The summed E-state index contributed by atoms with van der Waals surface area (Å²) in [7, 11) is -6.68. The summed E-state index contributed by atoms with van der Waals surface area (Å²) in [6.07, 6.45) is -3.31. The molecule has 0 bridgehead atoms. The van der Waals surface area contributed by atoms with Crippen molar-refractivity contribution in [2.75, 3.05) is 20.3 Å². The second-order valence-electron chi connectivity index (χ2n) is 3.17. The lowest BCUT2D eigenvalue weighted by Gasteiger charge is -2.33. The van der Waals surface area contributed by atoms with E-state index in [0.717, 1.165) is 0 Å². The molecule has 17 heavy (non-hydrogen) atoms. The normalized spacial score (nSPS) is 30.6. The van der Waals surface area contributed by atoms with Gasteiger partial charge >= 0.3 is 10.4 Å². The minimum atomic E-state index is -4.74. The molecule has 0 amide bonds. The Kier molecular flexibility index (Phi) is 5.24. The van der Waals surface area contributed by atoms with Crippen LogP contribution in [0.4, 0.5) is 0 Å². The largest absolute Gasteiger partial charge is 0.397 e. The molecule has 1 aliphatic rings. The summed E-state index contributed by atoms with van der Waals surface area (Å²) in [4.78, 5) is 0. The maximum absolute atomic E-state index is 10.6. The Morgan fingerprint density at radius 2 is 1.88 bits per heavy atom. The highest BCUT2D eigenvalue weighted by atomic mass is 32.3. The summed E-state index contributed by atoms with van der Waals surface area (Å²) in [5.74, 6) is 0. The van der Waals surface area contributed by atoms with Gasteiger partial charge in [-0.25, -0.2) is 12.6 Å². The van der Waals surface area contributed by atoms with Crippen LogP contribution in [-0.2, 0) is 39.2 Å². The number of rotatable bonds is 5. The molecule has 1 aliphatic heterocycles. The first-order valence-electron chi connectivity index (χ1n) is 4.41. The third-order valence-electron chi connectivity index (χ3n) is 2.05. The van der Waals surface area contributed by atoms with Crippen LogP contribution in [0, 0.1) is 0 Å². The van der Waals surface area contributed by atoms with E-state index in [1.165, 1.54) is 7.11 Å². The molecule has 3 atom stereocenters. The van der Waals surface area contributed by atoms with Gasteiger partial charge in [-0.1, -0.05) is 0 Å². The molecule has 0 aromatic rings. The number of hydrogen-bond acceptors (Lipinski definition) is 8. The predicted octanol–water partition coefficient (Wildman–Crippen LogP) is -1.87. The van der Waals surface area contributed by atoms with Crippen LogP contribution in [0.1, 0.15) is 0 Å². The van der Waals surface area contributed by atoms with Crippen molar-refractivity contribution in [3.63, 3.8) is 0 Å². The van der Waals surface area contributed by atoms with Crippen LogP contribution < -0.4 is 0 Å². The van der Waals surface area contributed by atoms with Crippen molar-refractivity contribution in [3.05, 3.63) is 0 Å². The standard InChI is InChI=1S/C6H12O9S2/c1-12-4-2-13-3-5(15-17(9,10)11)6(4)14-16(7)8/h4-6,16H,2-3H2,1H3,(H,9,10,11). The van der Waals surface area contributed by atoms with Gasteiger partial charge in [0.15, 0.2) is 0 Å². The predicted molar refractivity (Wildman–Crippen MR) is 53.2 cm³/mol. The molecular formula is C6H12O9S2. The third kappa shape index (κ3) is 4.83. The van der Waals surface area contributed by atoms with Gasteiger partial charge in [0.1, 0.15) is 18.3 Å². The van der Waals surface area contributed by atoms with E-state index >= 15 is 0 Å². The molecule has 9 nitrogen and oxygen atoms in total. The van der Waals surface area contributed by atoms with E-state index in [4.69, 9.17) is 14.0 Å². The van der Waals surface area contributed by atoms with Crippen LogP contribution in [-0.4, -0.2) is 60.0 Å². The van der Waals surface area contributed by atoms with Gasteiger partial charge < -0.3 is 9.47 Å². The Morgan fingerprint density at radius 1 is 1.29 bits per heavy atom. The quantitative estimate of drug-likeness (QED) is 0.442. The van der Waals surface area contributed by atoms with E-state index in [1.807, 2.05) is 0 Å². The molecular weight excluding hydrogens is 280 g/mol. The van der Waals surface area contributed by atoms with E-state index in [0.29, 0.717) is 0 Å². The van der Waals surface area contributed by atoms with Crippen molar-refractivity contribution >= 4 is 21.4 Å². The second kappa shape index (κ2) is 6.04. The summed E-state index contributed by atoms with van der Waals surface area (Å²) in [6, 6.07) is 0. The van der Waals surface area contributed by atoms with Crippen molar-refractivity contribution in [2.24, 2.45) is 0 Å². The zero-order valence-corrected chi connectivity index (χ0v) is 10.4. The van der Waals surface area contributed by atoms with Gasteiger partial charge in [-0.3, -0.25) is 8.74 Å². The Balaban J connectivity index is 2.83. The minimum absolute atomic E-state index is 0.0235. The molecule has 0 saturated carbocycles. The SMILES string of the molecule is COC1COCC(OS(=O)(=O)O)C1O[SH](=O)=O. The lowest BCUT2D eigenvalue weighted by atomic mass is 10.1. The third-order valence-corrected chi connectivity index (χ3v) is 2.96. The summed E-state index contributed by atoms with van der Waals surface area (Å²) >= 11 is 0. The lowest BCUT2D eigenvalue weighted by Crippen LogP contribution is -2.51. The fourth-order valence-corrected chi connectivity index (χ4v) is 2.35. The topological polar surface area (TPSA) is 125 Å². The molecule has 1 rings (SSSR count). The average Bonchev–Trinajstić information content (AvgIpc) is 2.17. The summed E-state index contributed by atoms with van der Waals surface area (Å²) in [5.41, 5.74) is 0. The van der Waals surface area contributed by atoms with Gasteiger partial charge in [-0.2, -0.15) is 8.42 Å². The first kappa shape index (κ1) is 14.8. The maximum Gasteiger partial charge on any atom is 0.397 e. The zero-order valence-electron chi connectivity index (χ0n) is 8.71. The highest BCUT2D eigenvalue weighted by Crippen LogP contribution is 2.19. The molecule has 0 spiro atoms. The van der Waals surface area contributed by atoms with Crippen LogP contribution in [0.15, 0.2) is 0 Å². The van der Waals surface area contributed by atoms with Gasteiger partial charge in [0.2, 0.25) is 0 Å². The van der Waals surface area contributed by atoms with Crippen molar-refractivity contribution in [1.29, 1.82) is 0 Å². The molecule has 0 radical (unpaired) electrons. The van der Waals surface area contributed by atoms with Gasteiger partial charge in [0.05, 0.1) is 13.2 Å². The second-order valence-corrected chi connectivity index (χ2v) is 4.87.